The zero-order valence-electron chi connectivity index (χ0n) is 7.66. The van der Waals surface area contributed by atoms with Crippen LogP contribution in [0.3, 0.4) is 0 Å². The van der Waals surface area contributed by atoms with E-state index in [2.05, 4.69) is 0 Å². The summed E-state index contributed by atoms with van der Waals surface area (Å²) in [7, 11) is 0. The number of hydrogen-bond acceptors (Lipinski definition) is 3. The molecule has 0 aromatic carbocycles. The Balaban J connectivity index is 0.000000261. The Kier molecular flexibility index (Phi) is 5.12. The summed E-state index contributed by atoms with van der Waals surface area (Å²) in [6.45, 7) is 4.63. The Morgan fingerprint density at radius 1 is 1.67 bits per heavy atom. The van der Waals surface area contributed by atoms with Gasteiger partial charge in [0.1, 0.15) is 0 Å². The molecule has 0 aromatic heterocycles. The second-order valence-corrected chi connectivity index (χ2v) is 3.04. The molecule has 0 atom stereocenters. The van der Waals surface area contributed by atoms with E-state index in [9.17, 15) is 4.79 Å². The lowest BCUT2D eigenvalue weighted by atomic mass is 10.4. The van der Waals surface area contributed by atoms with Crippen LogP contribution in [0.2, 0.25) is 0 Å². The molecule has 12 heavy (non-hydrogen) atoms. The second-order valence-electron chi connectivity index (χ2n) is 3.04. The summed E-state index contributed by atoms with van der Waals surface area (Å²) >= 11 is 0. The highest BCUT2D eigenvalue weighted by Gasteiger charge is 2.06. The molecule has 0 saturated carbocycles. The van der Waals surface area contributed by atoms with Gasteiger partial charge in [0.15, 0.2) is 0 Å². The maximum atomic E-state index is 9.98. The van der Waals surface area contributed by atoms with E-state index in [4.69, 9.17) is 11.5 Å². The maximum Gasteiger partial charge on any atom is 0.213 e. The first-order valence-corrected chi connectivity index (χ1v) is 3.99. The lowest BCUT2D eigenvalue weighted by Crippen LogP contribution is -2.09. The topological polar surface area (TPSA) is 72.3 Å². The number of hydrogen-bond donors (Lipinski definition) is 2. The van der Waals surface area contributed by atoms with Crippen LogP contribution in [0.1, 0.15) is 20.3 Å². The van der Waals surface area contributed by atoms with Gasteiger partial charge in [0.25, 0.3) is 0 Å². The monoisotopic (exact) mass is 171 g/mol. The average molecular weight is 171 g/mol. The Labute approximate surface area is 73.2 Å². The molecule has 4 nitrogen and oxygen atoms in total. The lowest BCUT2D eigenvalue weighted by molar-refractivity contribution is -0.115. The van der Waals surface area contributed by atoms with Crippen LogP contribution in [-0.4, -0.2) is 23.9 Å². The number of carbonyl (C=O) groups is 1. The highest BCUT2D eigenvalue weighted by Crippen LogP contribution is 2.04. The Morgan fingerprint density at radius 2 is 2.17 bits per heavy atom. The van der Waals surface area contributed by atoms with Crippen LogP contribution in [0, 0.1) is 0 Å². The van der Waals surface area contributed by atoms with Gasteiger partial charge >= 0.3 is 0 Å². The number of rotatable bonds is 1. The molecule has 1 heterocycles. The Morgan fingerprint density at radius 3 is 2.33 bits per heavy atom. The van der Waals surface area contributed by atoms with E-state index < -0.39 is 0 Å². The summed E-state index contributed by atoms with van der Waals surface area (Å²) in [5, 5.41) is 0. The summed E-state index contributed by atoms with van der Waals surface area (Å²) < 4.78 is 0. The summed E-state index contributed by atoms with van der Waals surface area (Å²) in [6, 6.07) is 0.333. The van der Waals surface area contributed by atoms with Crippen molar-refractivity contribution in [1.82, 2.24) is 4.90 Å². The highest BCUT2D eigenvalue weighted by atomic mass is 16.1. The van der Waals surface area contributed by atoms with Crippen molar-refractivity contribution in [3.63, 3.8) is 0 Å². The second kappa shape index (κ2) is 5.60. The molecule has 0 aromatic rings. The van der Waals surface area contributed by atoms with Crippen molar-refractivity contribution in [1.29, 1.82) is 0 Å². The Bertz CT molecular complexity index is 163. The molecule has 4 heteroatoms. The molecule has 0 saturated heterocycles. The molecule has 0 radical (unpaired) electrons. The van der Waals surface area contributed by atoms with Crippen LogP contribution in [-0.2, 0) is 4.79 Å². The van der Waals surface area contributed by atoms with Crippen molar-refractivity contribution in [3.8, 4) is 0 Å². The first-order chi connectivity index (χ1) is 5.56. The first-order valence-electron chi connectivity index (χ1n) is 3.99. The van der Waals surface area contributed by atoms with Gasteiger partial charge in [0, 0.05) is 24.9 Å². The van der Waals surface area contributed by atoms with Crippen molar-refractivity contribution < 1.29 is 4.79 Å². The summed E-state index contributed by atoms with van der Waals surface area (Å²) in [5.74, 6) is 0. The molecule has 1 aliphatic rings. The molecular weight excluding hydrogens is 154 g/mol. The SMILES string of the molecule is CC(C)N.NC1=CN(C=O)CC1. The molecule has 0 aliphatic carbocycles. The van der Waals surface area contributed by atoms with E-state index in [0.29, 0.717) is 6.04 Å². The molecule has 1 aliphatic heterocycles. The number of carbonyl (C=O) groups excluding carboxylic acids is 1. The van der Waals surface area contributed by atoms with Crippen molar-refractivity contribution >= 4 is 6.41 Å². The van der Waals surface area contributed by atoms with Crippen molar-refractivity contribution in [3.05, 3.63) is 11.9 Å². The summed E-state index contributed by atoms with van der Waals surface area (Å²) in [6.07, 6.45) is 3.26. The lowest BCUT2D eigenvalue weighted by Gasteiger charge is -1.99. The third kappa shape index (κ3) is 5.73. The van der Waals surface area contributed by atoms with E-state index in [-0.39, 0.29) is 0 Å². The minimum Gasteiger partial charge on any atom is -0.401 e. The fraction of sp³-hybridized carbons (Fsp3) is 0.625. The predicted molar refractivity (Wildman–Crippen MR) is 49.0 cm³/mol. The van der Waals surface area contributed by atoms with Crippen LogP contribution in [0.15, 0.2) is 11.9 Å². The van der Waals surface area contributed by atoms with Gasteiger partial charge in [-0.1, -0.05) is 13.8 Å². The van der Waals surface area contributed by atoms with Gasteiger partial charge in [-0.25, -0.2) is 0 Å². The number of amides is 1. The van der Waals surface area contributed by atoms with Crippen molar-refractivity contribution in [2.75, 3.05) is 6.54 Å². The van der Waals surface area contributed by atoms with Crippen LogP contribution < -0.4 is 11.5 Å². The standard InChI is InChI=1S/C5H8N2O.C3H9N/c6-5-1-2-7(3-5)4-8;1-3(2)4/h3-4H,1-2,6H2;3H,4H2,1-2H3. The molecule has 4 N–H and O–H groups in total. The third-order valence-electron chi connectivity index (χ3n) is 1.13. The molecule has 70 valence electrons. The fourth-order valence-electron chi connectivity index (χ4n) is 0.683. The third-order valence-corrected chi connectivity index (χ3v) is 1.13. The molecule has 1 amide bonds. The molecule has 1 rings (SSSR count). The number of nitrogens with two attached hydrogens (primary N) is 2. The van der Waals surface area contributed by atoms with E-state index in [0.717, 1.165) is 25.1 Å². The normalized spacial score (nSPS) is 15.3. The zero-order chi connectivity index (χ0) is 9.56. The fourth-order valence-corrected chi connectivity index (χ4v) is 0.683. The average Bonchev–Trinajstić information content (AvgIpc) is 2.34. The van der Waals surface area contributed by atoms with E-state index >= 15 is 0 Å². The molecule has 0 bridgehead atoms. The quantitative estimate of drug-likeness (QED) is 0.545. The van der Waals surface area contributed by atoms with Gasteiger partial charge in [-0.05, 0) is 6.04 Å². The minimum atomic E-state index is 0.333. The zero-order valence-corrected chi connectivity index (χ0v) is 7.66. The first kappa shape index (κ1) is 11.0. The molecular formula is C8H17N3O. The van der Waals surface area contributed by atoms with Crippen LogP contribution in [0.25, 0.3) is 0 Å². The van der Waals surface area contributed by atoms with Crippen molar-refractivity contribution in [2.24, 2.45) is 11.5 Å². The maximum absolute atomic E-state index is 9.98. The molecule has 0 spiro atoms. The van der Waals surface area contributed by atoms with E-state index in [1.165, 1.54) is 4.90 Å². The van der Waals surface area contributed by atoms with Gasteiger partial charge in [0.2, 0.25) is 6.41 Å². The number of nitrogens with zero attached hydrogens (tertiary/aromatic N) is 1. The van der Waals surface area contributed by atoms with Gasteiger partial charge < -0.3 is 16.4 Å². The van der Waals surface area contributed by atoms with Crippen molar-refractivity contribution in [2.45, 2.75) is 26.3 Å². The Hall–Kier alpha value is -1.03. The van der Waals surface area contributed by atoms with E-state index in [1.807, 2.05) is 13.8 Å². The van der Waals surface area contributed by atoms with Crippen LogP contribution in [0.4, 0.5) is 0 Å². The highest BCUT2D eigenvalue weighted by molar-refractivity contribution is 5.50. The molecule has 0 fully saturated rings. The minimum absolute atomic E-state index is 0.333. The van der Waals surface area contributed by atoms with Crippen LogP contribution >= 0.6 is 0 Å². The summed E-state index contributed by atoms with van der Waals surface area (Å²) in [4.78, 5) is 11.5. The predicted octanol–water partition coefficient (Wildman–Crippen LogP) is 0.00210. The van der Waals surface area contributed by atoms with E-state index in [1.54, 1.807) is 6.20 Å². The molecule has 0 unspecified atom stereocenters. The van der Waals surface area contributed by atoms with Gasteiger partial charge in [-0.2, -0.15) is 0 Å². The largest absolute Gasteiger partial charge is 0.401 e. The van der Waals surface area contributed by atoms with Gasteiger partial charge in [-0.15, -0.1) is 0 Å². The van der Waals surface area contributed by atoms with Gasteiger partial charge in [0.05, 0.1) is 0 Å². The van der Waals surface area contributed by atoms with Gasteiger partial charge in [-0.3, -0.25) is 4.79 Å². The van der Waals surface area contributed by atoms with Crippen LogP contribution in [0.5, 0.6) is 0 Å². The summed E-state index contributed by atoms with van der Waals surface area (Å²) in [5.41, 5.74) is 11.3. The smallest absolute Gasteiger partial charge is 0.213 e.